The number of rotatable bonds is 8. The molecular formula is C28H27N5O2. The number of aliphatic imine (C=N–C) groups is 1. The summed E-state index contributed by atoms with van der Waals surface area (Å²) < 4.78 is 5.61. The van der Waals surface area contributed by atoms with Gasteiger partial charge in [0.15, 0.2) is 5.78 Å². The first kappa shape index (κ1) is 22.7. The summed E-state index contributed by atoms with van der Waals surface area (Å²) in [5, 5.41) is 7.32. The molecule has 0 bridgehead atoms. The van der Waals surface area contributed by atoms with Crippen LogP contribution in [0, 0.1) is 0 Å². The molecule has 2 aromatic heterocycles. The topological polar surface area (TPSA) is 88.5 Å². The van der Waals surface area contributed by atoms with Gasteiger partial charge in [0.1, 0.15) is 6.61 Å². The van der Waals surface area contributed by atoms with Crippen molar-refractivity contribution in [2.75, 3.05) is 25.5 Å². The van der Waals surface area contributed by atoms with E-state index in [2.05, 4.69) is 55.9 Å². The lowest BCUT2D eigenvalue weighted by Gasteiger charge is -2.15. The van der Waals surface area contributed by atoms with Crippen molar-refractivity contribution >= 4 is 40.0 Å². The number of aryl methyl sites for hydroxylation is 1. The van der Waals surface area contributed by atoms with Crippen LogP contribution < -0.4 is 15.4 Å². The van der Waals surface area contributed by atoms with Crippen LogP contribution in [-0.2, 0) is 6.42 Å². The van der Waals surface area contributed by atoms with Crippen molar-refractivity contribution in [2.24, 2.45) is 4.99 Å². The van der Waals surface area contributed by atoms with Crippen LogP contribution in [0.1, 0.15) is 29.3 Å². The number of hydrogen-bond donors (Lipinski definition) is 2. The number of nitrogens with zero attached hydrogens (tertiary/aromatic N) is 3. The van der Waals surface area contributed by atoms with E-state index in [0.717, 1.165) is 58.5 Å². The van der Waals surface area contributed by atoms with Gasteiger partial charge in [-0.1, -0.05) is 12.1 Å². The molecule has 3 heterocycles. The number of fused-ring (bicyclic) bond motifs is 2. The Morgan fingerprint density at radius 1 is 1.03 bits per heavy atom. The molecule has 5 rings (SSSR count). The normalized spacial score (nSPS) is 12.4. The zero-order valence-corrected chi connectivity index (χ0v) is 19.8. The molecular weight excluding hydrogens is 438 g/mol. The highest BCUT2D eigenvalue weighted by molar-refractivity contribution is 6.08. The predicted molar refractivity (Wildman–Crippen MR) is 141 cm³/mol. The van der Waals surface area contributed by atoms with Crippen LogP contribution in [0.5, 0.6) is 5.88 Å². The van der Waals surface area contributed by atoms with Crippen LogP contribution in [0.15, 0.2) is 65.9 Å². The van der Waals surface area contributed by atoms with E-state index < -0.39 is 0 Å². The number of hydrogen-bond acceptors (Lipinski definition) is 7. The molecule has 0 radical (unpaired) electrons. The lowest BCUT2D eigenvalue weighted by atomic mass is 9.96. The zero-order chi connectivity index (χ0) is 24.2. The molecule has 35 heavy (non-hydrogen) atoms. The number of ketones is 1. The Labute approximate surface area is 204 Å². The maximum Gasteiger partial charge on any atom is 0.213 e. The molecule has 7 heteroatoms. The number of pyridine rings is 2. The highest BCUT2D eigenvalue weighted by Crippen LogP contribution is 2.35. The second kappa shape index (κ2) is 10.0. The number of nitrogens with one attached hydrogen (secondary N) is 2. The molecule has 0 saturated carbocycles. The van der Waals surface area contributed by atoms with Crippen LogP contribution >= 0.6 is 0 Å². The maximum absolute atomic E-state index is 12.5. The van der Waals surface area contributed by atoms with E-state index in [1.165, 1.54) is 5.56 Å². The van der Waals surface area contributed by atoms with Crippen molar-refractivity contribution < 1.29 is 9.53 Å². The SMILES string of the molecule is CNCCOc1ccc(Nc2c(C(C)=O)cnc3ccc(-c4ccc5c(c4)CCC=N5)cc23)cn1. The lowest BCUT2D eigenvalue weighted by Crippen LogP contribution is -2.16. The van der Waals surface area contributed by atoms with Gasteiger partial charge in [0.05, 0.1) is 34.3 Å². The first-order valence-corrected chi connectivity index (χ1v) is 11.7. The highest BCUT2D eigenvalue weighted by atomic mass is 16.5. The van der Waals surface area contributed by atoms with Crippen LogP contribution in [0.2, 0.25) is 0 Å². The van der Waals surface area contributed by atoms with Crippen molar-refractivity contribution in [3.8, 4) is 17.0 Å². The van der Waals surface area contributed by atoms with E-state index in [-0.39, 0.29) is 5.78 Å². The molecule has 2 N–H and O–H groups in total. The largest absolute Gasteiger partial charge is 0.476 e. The monoisotopic (exact) mass is 465 g/mol. The van der Waals surface area contributed by atoms with Gasteiger partial charge in [-0.15, -0.1) is 0 Å². The molecule has 0 spiro atoms. The highest BCUT2D eigenvalue weighted by Gasteiger charge is 2.15. The van der Waals surface area contributed by atoms with E-state index in [4.69, 9.17) is 4.74 Å². The van der Waals surface area contributed by atoms with Crippen LogP contribution in [-0.4, -0.2) is 42.2 Å². The summed E-state index contributed by atoms with van der Waals surface area (Å²) in [6, 6.07) is 16.2. The third-order valence-electron chi connectivity index (χ3n) is 6.04. The summed E-state index contributed by atoms with van der Waals surface area (Å²) in [6.45, 7) is 2.84. The van der Waals surface area contributed by atoms with Gasteiger partial charge in [-0.3, -0.25) is 14.8 Å². The first-order valence-electron chi connectivity index (χ1n) is 11.7. The molecule has 0 amide bonds. The Morgan fingerprint density at radius 3 is 2.69 bits per heavy atom. The van der Waals surface area contributed by atoms with Crippen molar-refractivity contribution in [2.45, 2.75) is 19.8 Å². The van der Waals surface area contributed by atoms with E-state index in [0.29, 0.717) is 18.1 Å². The van der Waals surface area contributed by atoms with Gasteiger partial charge < -0.3 is 15.4 Å². The van der Waals surface area contributed by atoms with Crippen molar-refractivity contribution in [1.82, 2.24) is 15.3 Å². The van der Waals surface area contributed by atoms with E-state index in [1.807, 2.05) is 31.5 Å². The number of Topliss-reactive ketones (excluding diaryl/α,β-unsaturated/α-hetero) is 1. The third-order valence-corrected chi connectivity index (χ3v) is 6.04. The molecule has 0 saturated heterocycles. The minimum absolute atomic E-state index is 0.0566. The summed E-state index contributed by atoms with van der Waals surface area (Å²) in [5.74, 6) is 0.495. The van der Waals surface area contributed by atoms with Crippen LogP contribution in [0.4, 0.5) is 17.1 Å². The van der Waals surface area contributed by atoms with Gasteiger partial charge in [-0.2, -0.15) is 0 Å². The summed E-state index contributed by atoms with van der Waals surface area (Å²) in [7, 11) is 1.88. The average molecular weight is 466 g/mol. The second-order valence-corrected chi connectivity index (χ2v) is 8.49. The Kier molecular flexibility index (Phi) is 6.50. The predicted octanol–water partition coefficient (Wildman–Crippen LogP) is 5.49. The standard InChI is InChI=1S/C28H27N5O2/c1-18(34)24-17-31-26-9-6-20(19-5-8-25-21(14-19)4-3-11-30-25)15-23(26)28(24)33-22-7-10-27(32-16-22)35-13-12-29-2/h5-11,14-17,29H,3-4,12-13H2,1-2H3,(H,31,33). The van der Waals surface area contributed by atoms with Gasteiger partial charge in [0, 0.05) is 30.4 Å². The summed E-state index contributed by atoms with van der Waals surface area (Å²) in [5.41, 5.74) is 7.29. The molecule has 4 aromatic rings. The minimum Gasteiger partial charge on any atom is -0.476 e. The lowest BCUT2D eigenvalue weighted by molar-refractivity contribution is 0.101. The van der Waals surface area contributed by atoms with Gasteiger partial charge in [-0.25, -0.2) is 4.98 Å². The van der Waals surface area contributed by atoms with Gasteiger partial charge in [-0.05, 0) is 73.8 Å². The first-order chi connectivity index (χ1) is 17.1. The van der Waals surface area contributed by atoms with Crippen molar-refractivity contribution in [3.63, 3.8) is 0 Å². The Hall–Kier alpha value is -4.10. The quantitative estimate of drug-likeness (QED) is 0.264. The molecule has 2 aromatic carbocycles. The molecule has 176 valence electrons. The van der Waals surface area contributed by atoms with Crippen molar-refractivity contribution in [3.05, 3.63) is 72.1 Å². The van der Waals surface area contributed by atoms with Gasteiger partial charge in [0.2, 0.25) is 5.88 Å². The number of carbonyl (C=O) groups is 1. The Morgan fingerprint density at radius 2 is 1.89 bits per heavy atom. The Balaban J connectivity index is 1.52. The molecule has 0 atom stereocenters. The van der Waals surface area contributed by atoms with Crippen LogP contribution in [0.3, 0.4) is 0 Å². The number of aromatic nitrogens is 2. The summed E-state index contributed by atoms with van der Waals surface area (Å²) in [4.78, 5) is 25.9. The minimum atomic E-state index is -0.0566. The Bertz CT molecular complexity index is 1410. The van der Waals surface area contributed by atoms with Gasteiger partial charge in [0.25, 0.3) is 0 Å². The summed E-state index contributed by atoms with van der Waals surface area (Å²) in [6.07, 6.45) is 7.26. The molecule has 1 aliphatic heterocycles. The van der Waals surface area contributed by atoms with Crippen molar-refractivity contribution in [1.29, 1.82) is 0 Å². The molecule has 1 aliphatic rings. The molecule has 7 nitrogen and oxygen atoms in total. The second-order valence-electron chi connectivity index (χ2n) is 8.49. The van der Waals surface area contributed by atoms with E-state index in [1.54, 1.807) is 19.3 Å². The number of anilines is 2. The fourth-order valence-corrected chi connectivity index (χ4v) is 4.19. The maximum atomic E-state index is 12.5. The molecule has 0 unspecified atom stereocenters. The number of ether oxygens (including phenoxy) is 1. The van der Waals surface area contributed by atoms with E-state index >= 15 is 0 Å². The molecule has 0 fully saturated rings. The number of carbonyl (C=O) groups excluding carboxylic acids is 1. The van der Waals surface area contributed by atoms with E-state index in [9.17, 15) is 4.79 Å². The average Bonchev–Trinajstić information content (AvgIpc) is 2.89. The fraction of sp³-hybridized carbons (Fsp3) is 0.214. The smallest absolute Gasteiger partial charge is 0.213 e. The fourth-order valence-electron chi connectivity index (χ4n) is 4.19. The number of benzene rings is 2. The van der Waals surface area contributed by atoms with Gasteiger partial charge >= 0.3 is 0 Å². The summed E-state index contributed by atoms with van der Waals surface area (Å²) >= 11 is 0. The third kappa shape index (κ3) is 4.90. The van der Waals surface area contributed by atoms with Crippen LogP contribution in [0.25, 0.3) is 22.0 Å². The zero-order valence-electron chi connectivity index (χ0n) is 19.8. The number of likely N-dealkylation sites (N-methyl/N-ethyl adjacent to an activating group) is 1. The molecule has 0 aliphatic carbocycles.